The van der Waals surface area contributed by atoms with Crippen LogP contribution in [0, 0.1) is 0 Å². The summed E-state index contributed by atoms with van der Waals surface area (Å²) >= 11 is 0. The van der Waals surface area contributed by atoms with Crippen LogP contribution in [0.1, 0.15) is 104 Å². The van der Waals surface area contributed by atoms with Crippen LogP contribution < -0.4 is 34.7 Å². The Morgan fingerprint density at radius 2 is 1.07 bits per heavy atom. The molecule has 0 N–H and O–H groups in total. The van der Waals surface area contributed by atoms with E-state index in [-0.39, 0.29) is 36.1 Å². The van der Waals surface area contributed by atoms with E-state index in [1.807, 2.05) is 0 Å². The molecule has 28 heavy (non-hydrogen) atoms. The predicted molar refractivity (Wildman–Crippen MR) is 116 cm³/mol. The van der Waals surface area contributed by atoms with Crippen molar-refractivity contribution < 1.29 is 39.5 Å². The molecule has 0 aromatic rings. The van der Waals surface area contributed by atoms with Crippen molar-refractivity contribution >= 4 is 5.97 Å². The second-order valence-electron chi connectivity index (χ2n) is 7.52. The number of unbranched alkanes of at least 4 members (excludes halogenated alkanes) is 10. The van der Waals surface area contributed by atoms with E-state index >= 15 is 0 Å². The number of hydrogen-bond acceptors (Lipinski definition) is 3. The van der Waals surface area contributed by atoms with E-state index in [0.717, 1.165) is 38.8 Å². The zero-order valence-electron chi connectivity index (χ0n) is 19.1. The first-order valence-electron chi connectivity index (χ1n) is 11.4. The third kappa shape index (κ3) is 23.9. The molecule has 0 atom stereocenters. The van der Waals surface area contributed by atoms with Crippen LogP contribution in [-0.2, 0) is 4.79 Å². The second kappa shape index (κ2) is 24.9. The Kier molecular flexibility index (Phi) is 26.8. The van der Waals surface area contributed by atoms with Crippen LogP contribution in [-0.4, -0.2) is 30.5 Å². The summed E-state index contributed by atoms with van der Waals surface area (Å²) in [7, 11) is 0. The average molecular weight is 402 g/mol. The largest absolute Gasteiger partial charge is 1.00 e. The molecule has 0 rings (SSSR count). The molecule has 0 unspecified atom stereocenters. The van der Waals surface area contributed by atoms with Crippen molar-refractivity contribution in [1.82, 2.24) is 4.90 Å². The van der Waals surface area contributed by atoms with Crippen molar-refractivity contribution in [2.75, 3.05) is 19.6 Å². The van der Waals surface area contributed by atoms with Gasteiger partial charge in [0.15, 0.2) is 0 Å². The quantitative estimate of drug-likeness (QED) is 0.179. The SMILES string of the molecule is CC/C=C/CCCCCCCN(CCCCCCC/C=C/CC)CC(=O)[O-].[Na+]. The maximum absolute atomic E-state index is 11.0. The van der Waals surface area contributed by atoms with Crippen molar-refractivity contribution in [3.63, 3.8) is 0 Å². The fourth-order valence-corrected chi connectivity index (χ4v) is 3.28. The van der Waals surface area contributed by atoms with E-state index in [0.29, 0.717) is 0 Å². The molecular formula is C24H44NNaO2. The number of carbonyl (C=O) groups excluding carboxylic acids is 1. The van der Waals surface area contributed by atoms with Gasteiger partial charge >= 0.3 is 29.6 Å². The van der Waals surface area contributed by atoms with Gasteiger partial charge in [0.25, 0.3) is 0 Å². The summed E-state index contributed by atoms with van der Waals surface area (Å²) in [5.74, 6) is -0.944. The summed E-state index contributed by atoms with van der Waals surface area (Å²) in [6, 6.07) is 0. The van der Waals surface area contributed by atoms with Gasteiger partial charge in [-0.25, -0.2) is 0 Å². The summed E-state index contributed by atoms with van der Waals surface area (Å²) < 4.78 is 0. The van der Waals surface area contributed by atoms with Crippen molar-refractivity contribution in [2.45, 2.75) is 104 Å². The van der Waals surface area contributed by atoms with Gasteiger partial charge in [-0.1, -0.05) is 76.7 Å². The van der Waals surface area contributed by atoms with E-state index in [9.17, 15) is 9.90 Å². The molecule has 0 aliphatic heterocycles. The monoisotopic (exact) mass is 401 g/mol. The first kappa shape index (κ1) is 30.1. The van der Waals surface area contributed by atoms with Gasteiger partial charge in [-0.3, -0.25) is 4.90 Å². The molecule has 0 heterocycles. The van der Waals surface area contributed by atoms with Crippen molar-refractivity contribution in [3.8, 4) is 0 Å². The van der Waals surface area contributed by atoms with Crippen molar-refractivity contribution in [3.05, 3.63) is 24.3 Å². The van der Waals surface area contributed by atoms with Gasteiger partial charge in [-0.2, -0.15) is 0 Å². The first-order valence-corrected chi connectivity index (χ1v) is 11.4. The van der Waals surface area contributed by atoms with Gasteiger partial charge in [-0.15, -0.1) is 0 Å². The topological polar surface area (TPSA) is 43.4 Å². The minimum Gasteiger partial charge on any atom is -0.549 e. The predicted octanol–water partition coefficient (Wildman–Crippen LogP) is 2.66. The van der Waals surface area contributed by atoms with E-state index < -0.39 is 5.97 Å². The molecule has 0 amide bonds. The number of allylic oxidation sites excluding steroid dienone is 4. The molecule has 0 saturated carbocycles. The number of aliphatic carboxylic acids is 1. The molecule has 0 aliphatic rings. The van der Waals surface area contributed by atoms with E-state index in [2.05, 4.69) is 43.1 Å². The maximum Gasteiger partial charge on any atom is 1.00 e. The Hall–Kier alpha value is -0.0900. The van der Waals surface area contributed by atoms with Gasteiger partial charge in [0.2, 0.25) is 0 Å². The van der Waals surface area contributed by atoms with Crippen molar-refractivity contribution in [1.29, 1.82) is 0 Å². The van der Waals surface area contributed by atoms with Crippen LogP contribution in [0.25, 0.3) is 0 Å². The number of carbonyl (C=O) groups is 1. The number of carboxylic acid groups (broad SMARTS) is 1. The summed E-state index contributed by atoms with van der Waals surface area (Å²) in [6.07, 6.45) is 25.9. The maximum atomic E-state index is 11.0. The molecule has 4 heteroatoms. The Bertz CT molecular complexity index is 355. The Balaban J connectivity index is 0. The van der Waals surface area contributed by atoms with Crippen LogP contribution in [0.5, 0.6) is 0 Å². The Labute approximate surface area is 197 Å². The first-order chi connectivity index (χ1) is 13.2. The molecule has 0 spiro atoms. The van der Waals surface area contributed by atoms with Crippen LogP contribution in [0.4, 0.5) is 0 Å². The second-order valence-corrected chi connectivity index (χ2v) is 7.52. The van der Waals surface area contributed by atoms with Crippen LogP contribution in [0.3, 0.4) is 0 Å². The standard InChI is InChI=1S/C24H45NO2.Na/c1-3-5-7-9-11-13-15-17-19-21-25(23-24(26)27)22-20-18-16-14-12-10-8-6-4-2;/h5-8H,3-4,9-23H2,1-2H3,(H,26,27);/q;+1/p-1/b7-5+,8-6+;. The number of hydrogen-bond donors (Lipinski definition) is 0. The van der Waals surface area contributed by atoms with Gasteiger partial charge in [0, 0.05) is 6.54 Å². The summed E-state index contributed by atoms with van der Waals surface area (Å²) in [6.45, 7) is 6.21. The molecular weight excluding hydrogens is 357 g/mol. The zero-order valence-corrected chi connectivity index (χ0v) is 21.1. The van der Waals surface area contributed by atoms with Crippen molar-refractivity contribution in [2.24, 2.45) is 0 Å². The van der Waals surface area contributed by atoms with Crippen LogP contribution in [0.15, 0.2) is 24.3 Å². The molecule has 0 fully saturated rings. The molecule has 0 bridgehead atoms. The average Bonchev–Trinajstić information content (AvgIpc) is 2.64. The van der Waals surface area contributed by atoms with Gasteiger partial charge in [0.05, 0.1) is 5.97 Å². The zero-order chi connectivity index (χ0) is 20.0. The summed E-state index contributed by atoms with van der Waals surface area (Å²) in [4.78, 5) is 13.0. The third-order valence-corrected chi connectivity index (χ3v) is 4.85. The molecule has 0 aromatic carbocycles. The van der Waals surface area contributed by atoms with E-state index in [1.54, 1.807) is 0 Å². The molecule has 0 aromatic heterocycles. The summed E-state index contributed by atoms with van der Waals surface area (Å²) in [5, 5.41) is 11.0. The van der Waals surface area contributed by atoms with E-state index in [4.69, 9.17) is 0 Å². The van der Waals surface area contributed by atoms with Gasteiger partial charge in [-0.05, 0) is 64.5 Å². The minimum absolute atomic E-state index is 0. The van der Waals surface area contributed by atoms with Gasteiger partial charge < -0.3 is 9.90 Å². The Morgan fingerprint density at radius 1 is 0.679 bits per heavy atom. The third-order valence-electron chi connectivity index (χ3n) is 4.85. The fourth-order valence-electron chi connectivity index (χ4n) is 3.28. The number of rotatable bonds is 20. The summed E-state index contributed by atoms with van der Waals surface area (Å²) in [5.41, 5.74) is 0. The van der Waals surface area contributed by atoms with E-state index in [1.165, 1.54) is 64.2 Å². The molecule has 0 radical (unpaired) electrons. The normalized spacial score (nSPS) is 11.5. The molecule has 0 aliphatic carbocycles. The molecule has 158 valence electrons. The molecule has 0 saturated heterocycles. The minimum atomic E-state index is -0.944. The number of carboxylic acids is 1. The van der Waals surface area contributed by atoms with Crippen LogP contribution >= 0.6 is 0 Å². The number of nitrogens with zero attached hydrogens (tertiary/aromatic N) is 1. The Morgan fingerprint density at radius 3 is 1.46 bits per heavy atom. The fraction of sp³-hybridized carbons (Fsp3) is 0.792. The van der Waals surface area contributed by atoms with Crippen LogP contribution in [0.2, 0.25) is 0 Å². The van der Waals surface area contributed by atoms with Gasteiger partial charge in [0.1, 0.15) is 0 Å². The smallest absolute Gasteiger partial charge is 0.549 e. The molecule has 3 nitrogen and oxygen atoms in total.